The number of carboxylic acid groups (broad SMARTS) is 1. The maximum absolute atomic E-state index is 13.8. The second-order valence-electron chi connectivity index (χ2n) is 3.28. The van der Waals surface area contributed by atoms with Crippen molar-refractivity contribution in [3.8, 4) is 5.82 Å². The summed E-state index contributed by atoms with van der Waals surface area (Å²) in [5.74, 6) is -1.74. The molecule has 0 atom stereocenters. The van der Waals surface area contributed by atoms with Crippen LogP contribution in [-0.4, -0.2) is 30.6 Å². The summed E-state index contributed by atoms with van der Waals surface area (Å²) in [6.07, 6.45) is 4.07. The van der Waals surface area contributed by atoms with Crippen LogP contribution in [0.1, 0.15) is 23.1 Å². The molecule has 0 aliphatic rings. The number of aromatic carboxylic acids is 1. The molecule has 0 aromatic carbocycles. The number of nitrogens with zero attached hydrogens (tertiary/aromatic N) is 4. The molecule has 6 nitrogen and oxygen atoms in total. The minimum absolute atomic E-state index is 0.00292. The van der Waals surface area contributed by atoms with Gasteiger partial charge in [0, 0.05) is 6.20 Å². The van der Waals surface area contributed by atoms with Crippen LogP contribution in [0.3, 0.4) is 0 Å². The van der Waals surface area contributed by atoms with Gasteiger partial charge in [-0.1, -0.05) is 6.92 Å². The first-order valence-electron chi connectivity index (χ1n) is 4.90. The van der Waals surface area contributed by atoms with Gasteiger partial charge in [-0.2, -0.15) is 0 Å². The fourth-order valence-corrected chi connectivity index (χ4v) is 1.37. The molecule has 0 bridgehead atoms. The van der Waals surface area contributed by atoms with Gasteiger partial charge < -0.3 is 5.11 Å². The molecule has 0 fully saturated rings. The van der Waals surface area contributed by atoms with Crippen molar-refractivity contribution in [3.05, 3.63) is 36.1 Å². The van der Waals surface area contributed by atoms with Crippen molar-refractivity contribution in [2.75, 3.05) is 0 Å². The lowest BCUT2D eigenvalue weighted by Crippen LogP contribution is -2.04. The Labute approximate surface area is 95.8 Å². The minimum Gasteiger partial charge on any atom is -0.476 e. The molecule has 0 unspecified atom stereocenters. The molecule has 0 amide bonds. The summed E-state index contributed by atoms with van der Waals surface area (Å²) in [6, 6.07) is 0. The number of halogens is 1. The molecule has 0 saturated carbocycles. The van der Waals surface area contributed by atoms with Gasteiger partial charge in [-0.15, -0.1) is 0 Å². The number of carboxylic acids is 1. The van der Waals surface area contributed by atoms with E-state index in [-0.39, 0.29) is 17.2 Å². The standard InChI is InChI=1S/C10H9FN4O2/c1-2-6-8(11)9(13-4-12-6)15-3-7(10(16)17)14-5-15/h3-5H,2H2,1H3,(H,16,17). The Morgan fingerprint density at radius 2 is 2.24 bits per heavy atom. The molecule has 0 radical (unpaired) electrons. The van der Waals surface area contributed by atoms with Crippen molar-refractivity contribution in [1.29, 1.82) is 0 Å². The maximum atomic E-state index is 13.8. The van der Waals surface area contributed by atoms with E-state index in [1.807, 2.05) is 0 Å². The van der Waals surface area contributed by atoms with Crippen molar-refractivity contribution in [2.45, 2.75) is 13.3 Å². The first-order valence-corrected chi connectivity index (χ1v) is 4.90. The molecule has 17 heavy (non-hydrogen) atoms. The SMILES string of the molecule is CCc1ncnc(-n2cnc(C(=O)O)c2)c1F. The zero-order valence-corrected chi connectivity index (χ0v) is 8.96. The first-order chi connectivity index (χ1) is 8.13. The molecular formula is C10H9FN4O2. The average molecular weight is 236 g/mol. The zero-order valence-electron chi connectivity index (χ0n) is 8.96. The monoisotopic (exact) mass is 236 g/mol. The molecule has 2 aromatic heterocycles. The van der Waals surface area contributed by atoms with Crippen LogP contribution in [0, 0.1) is 5.82 Å². The minimum atomic E-state index is -1.17. The van der Waals surface area contributed by atoms with Gasteiger partial charge in [-0.3, -0.25) is 4.57 Å². The van der Waals surface area contributed by atoms with E-state index in [1.165, 1.54) is 23.4 Å². The fraction of sp³-hybridized carbons (Fsp3) is 0.200. The summed E-state index contributed by atoms with van der Waals surface area (Å²) in [7, 11) is 0. The third kappa shape index (κ3) is 1.99. The predicted molar refractivity (Wildman–Crippen MR) is 55.4 cm³/mol. The quantitative estimate of drug-likeness (QED) is 0.861. The summed E-state index contributed by atoms with van der Waals surface area (Å²) >= 11 is 0. The molecule has 2 rings (SSSR count). The third-order valence-corrected chi connectivity index (χ3v) is 2.22. The lowest BCUT2D eigenvalue weighted by Gasteiger charge is -2.04. The normalized spacial score (nSPS) is 10.5. The van der Waals surface area contributed by atoms with Crippen LogP contribution in [0.4, 0.5) is 4.39 Å². The number of hydrogen-bond donors (Lipinski definition) is 1. The summed E-state index contributed by atoms with van der Waals surface area (Å²) in [4.78, 5) is 21.8. The van der Waals surface area contributed by atoms with Crippen LogP contribution in [0.5, 0.6) is 0 Å². The molecular weight excluding hydrogens is 227 g/mol. The van der Waals surface area contributed by atoms with E-state index >= 15 is 0 Å². The Hall–Kier alpha value is -2.31. The highest BCUT2D eigenvalue weighted by molar-refractivity contribution is 5.85. The summed E-state index contributed by atoms with van der Waals surface area (Å²) < 4.78 is 15.1. The molecule has 0 aliphatic heterocycles. The summed E-state index contributed by atoms with van der Waals surface area (Å²) in [5, 5.41) is 8.71. The lowest BCUT2D eigenvalue weighted by molar-refractivity contribution is 0.0691. The maximum Gasteiger partial charge on any atom is 0.356 e. The molecule has 0 saturated heterocycles. The van der Waals surface area contributed by atoms with Gasteiger partial charge in [0.1, 0.15) is 12.7 Å². The molecule has 1 N–H and O–H groups in total. The second kappa shape index (κ2) is 4.28. The fourth-order valence-electron chi connectivity index (χ4n) is 1.37. The Bertz CT molecular complexity index is 567. The molecule has 7 heteroatoms. The number of rotatable bonds is 3. The molecule has 0 aliphatic carbocycles. The highest BCUT2D eigenvalue weighted by Crippen LogP contribution is 2.13. The molecule has 2 heterocycles. The van der Waals surface area contributed by atoms with Crippen molar-refractivity contribution < 1.29 is 14.3 Å². The van der Waals surface area contributed by atoms with Gasteiger partial charge in [-0.25, -0.2) is 24.1 Å². The highest BCUT2D eigenvalue weighted by atomic mass is 19.1. The van der Waals surface area contributed by atoms with E-state index in [4.69, 9.17) is 5.11 Å². The second-order valence-corrected chi connectivity index (χ2v) is 3.28. The van der Waals surface area contributed by atoms with Crippen LogP contribution >= 0.6 is 0 Å². The van der Waals surface area contributed by atoms with Crippen molar-refractivity contribution in [2.24, 2.45) is 0 Å². The molecule has 0 spiro atoms. The average Bonchev–Trinajstić information content (AvgIpc) is 2.78. The third-order valence-electron chi connectivity index (χ3n) is 2.22. The van der Waals surface area contributed by atoms with Gasteiger partial charge in [-0.05, 0) is 6.42 Å². The topological polar surface area (TPSA) is 80.9 Å². The Balaban J connectivity index is 2.49. The largest absolute Gasteiger partial charge is 0.476 e. The van der Waals surface area contributed by atoms with Gasteiger partial charge in [0.05, 0.1) is 5.69 Å². The van der Waals surface area contributed by atoms with E-state index in [2.05, 4.69) is 15.0 Å². The van der Waals surface area contributed by atoms with Gasteiger partial charge in [0.2, 0.25) is 0 Å². The summed E-state index contributed by atoms with van der Waals surface area (Å²) in [5.41, 5.74) is 0.113. The Kier molecular flexibility index (Phi) is 2.82. The van der Waals surface area contributed by atoms with Crippen LogP contribution in [0.25, 0.3) is 5.82 Å². The highest BCUT2D eigenvalue weighted by Gasteiger charge is 2.14. The van der Waals surface area contributed by atoms with E-state index in [0.29, 0.717) is 6.42 Å². The number of aryl methyl sites for hydroxylation is 1. The summed E-state index contributed by atoms with van der Waals surface area (Å²) in [6.45, 7) is 1.77. The Morgan fingerprint density at radius 1 is 1.47 bits per heavy atom. The van der Waals surface area contributed by atoms with Crippen molar-refractivity contribution in [3.63, 3.8) is 0 Å². The number of imidazole rings is 1. The first kappa shape index (κ1) is 11.2. The van der Waals surface area contributed by atoms with E-state index < -0.39 is 11.8 Å². The van der Waals surface area contributed by atoms with Gasteiger partial charge >= 0.3 is 5.97 Å². The number of aromatic nitrogens is 4. The van der Waals surface area contributed by atoms with Crippen molar-refractivity contribution in [1.82, 2.24) is 19.5 Å². The van der Waals surface area contributed by atoms with Crippen LogP contribution in [0.15, 0.2) is 18.9 Å². The van der Waals surface area contributed by atoms with E-state index in [9.17, 15) is 9.18 Å². The van der Waals surface area contributed by atoms with E-state index in [0.717, 1.165) is 0 Å². The molecule has 2 aromatic rings. The van der Waals surface area contributed by atoms with E-state index in [1.54, 1.807) is 6.92 Å². The van der Waals surface area contributed by atoms with Crippen LogP contribution in [-0.2, 0) is 6.42 Å². The number of carbonyl (C=O) groups is 1. The van der Waals surface area contributed by atoms with Gasteiger partial charge in [0.25, 0.3) is 0 Å². The Morgan fingerprint density at radius 3 is 2.82 bits per heavy atom. The molecule has 88 valence electrons. The zero-order chi connectivity index (χ0) is 12.4. The van der Waals surface area contributed by atoms with Crippen LogP contribution < -0.4 is 0 Å². The van der Waals surface area contributed by atoms with Crippen LogP contribution in [0.2, 0.25) is 0 Å². The van der Waals surface area contributed by atoms with Crippen molar-refractivity contribution >= 4 is 5.97 Å². The lowest BCUT2D eigenvalue weighted by atomic mass is 10.3. The smallest absolute Gasteiger partial charge is 0.356 e. The predicted octanol–water partition coefficient (Wildman–Crippen LogP) is 1.06. The number of hydrogen-bond acceptors (Lipinski definition) is 4. The van der Waals surface area contributed by atoms with Gasteiger partial charge in [0.15, 0.2) is 17.3 Å².